The van der Waals surface area contributed by atoms with Crippen molar-refractivity contribution < 1.29 is 14.2 Å². The summed E-state index contributed by atoms with van der Waals surface area (Å²) in [6.45, 7) is 0. The Bertz CT molecular complexity index is 55.1. The fourth-order valence-corrected chi connectivity index (χ4v) is 1.70. The molecule has 0 aromatic heterocycles. The van der Waals surface area contributed by atoms with Crippen LogP contribution in [-0.4, -0.2) is 49.8 Å². The Labute approximate surface area is 68.7 Å². The van der Waals surface area contributed by atoms with Gasteiger partial charge in [0.2, 0.25) is 0 Å². The maximum absolute atomic E-state index is 4.96. The molecule has 0 aliphatic rings. The van der Waals surface area contributed by atoms with E-state index in [2.05, 4.69) is 0 Å². The van der Waals surface area contributed by atoms with Crippen LogP contribution >= 0.6 is 0 Å². The summed E-state index contributed by atoms with van der Waals surface area (Å²) in [5.41, 5.74) is 0. The van der Waals surface area contributed by atoms with Crippen molar-refractivity contribution in [2.24, 2.45) is 0 Å². The van der Waals surface area contributed by atoms with Crippen LogP contribution in [-0.2, 0) is 14.2 Å². The van der Waals surface area contributed by atoms with Crippen molar-refractivity contribution >= 4 is 22.5 Å². The zero-order chi connectivity index (χ0) is 7.33. The van der Waals surface area contributed by atoms with Crippen molar-refractivity contribution in [3.05, 3.63) is 0 Å². The SMILES string of the molecule is COC([CH2][Sn])(OC)OC. The quantitative estimate of drug-likeness (QED) is 0.516. The molecular formula is C5H11O3Sn. The van der Waals surface area contributed by atoms with E-state index in [0.717, 1.165) is 4.44 Å². The van der Waals surface area contributed by atoms with Gasteiger partial charge in [0.05, 0.1) is 0 Å². The molecule has 0 bridgehead atoms. The molecule has 9 heavy (non-hydrogen) atoms. The van der Waals surface area contributed by atoms with E-state index in [4.69, 9.17) is 14.2 Å². The predicted octanol–water partition coefficient (Wildman–Crippen LogP) is 0.166. The molecule has 0 heterocycles. The molecule has 0 aromatic carbocycles. The van der Waals surface area contributed by atoms with E-state index in [1.807, 2.05) is 0 Å². The third kappa shape index (κ3) is 2.41. The van der Waals surface area contributed by atoms with Crippen molar-refractivity contribution in [2.75, 3.05) is 21.3 Å². The van der Waals surface area contributed by atoms with Crippen LogP contribution in [0.1, 0.15) is 0 Å². The molecule has 0 aromatic rings. The van der Waals surface area contributed by atoms with E-state index in [-0.39, 0.29) is 0 Å². The van der Waals surface area contributed by atoms with Crippen LogP contribution in [0.5, 0.6) is 0 Å². The second-order valence-corrected chi connectivity index (χ2v) is 2.48. The first-order valence-corrected chi connectivity index (χ1v) is 4.56. The van der Waals surface area contributed by atoms with Gasteiger partial charge >= 0.3 is 68.5 Å². The van der Waals surface area contributed by atoms with Crippen molar-refractivity contribution in [3.63, 3.8) is 0 Å². The maximum atomic E-state index is 4.96. The Balaban J connectivity index is 3.82. The van der Waals surface area contributed by atoms with Crippen LogP contribution in [0.25, 0.3) is 0 Å². The Kier molecular flexibility index (Phi) is 4.83. The van der Waals surface area contributed by atoms with E-state index in [9.17, 15) is 0 Å². The molecule has 0 N–H and O–H groups in total. The van der Waals surface area contributed by atoms with Gasteiger partial charge in [-0.1, -0.05) is 0 Å². The fourth-order valence-electron chi connectivity index (χ4n) is 0.467. The topological polar surface area (TPSA) is 27.7 Å². The Hall–Kier alpha value is 0.679. The summed E-state index contributed by atoms with van der Waals surface area (Å²) in [7, 11) is 4.70. The first kappa shape index (κ1) is 9.68. The van der Waals surface area contributed by atoms with Crippen molar-refractivity contribution in [2.45, 2.75) is 10.4 Å². The standard InChI is InChI=1S/C5H11O3.Sn/c1-5(6-2,7-3)8-4;/h1H2,2-4H3;. The molecule has 3 radical (unpaired) electrons. The third-order valence-corrected chi connectivity index (χ3v) is 2.39. The summed E-state index contributed by atoms with van der Waals surface area (Å²) in [6.07, 6.45) is 0. The molecule has 53 valence electrons. The number of ether oxygens (including phenoxy) is 3. The van der Waals surface area contributed by atoms with Crippen LogP contribution in [0.2, 0.25) is 4.44 Å². The summed E-state index contributed by atoms with van der Waals surface area (Å²) in [6, 6.07) is 0. The van der Waals surface area contributed by atoms with Gasteiger partial charge in [-0.15, -0.1) is 0 Å². The molecule has 0 atom stereocenters. The second-order valence-electron chi connectivity index (χ2n) is 1.47. The second kappa shape index (κ2) is 4.49. The minimum absolute atomic E-state index is 0.767. The number of hydrogen-bond acceptors (Lipinski definition) is 3. The summed E-state index contributed by atoms with van der Waals surface area (Å²) in [5.74, 6) is -0.793. The Morgan fingerprint density at radius 1 is 1.11 bits per heavy atom. The Morgan fingerprint density at radius 3 is 1.44 bits per heavy atom. The van der Waals surface area contributed by atoms with Crippen molar-refractivity contribution in [1.82, 2.24) is 0 Å². The van der Waals surface area contributed by atoms with Gasteiger partial charge in [0.1, 0.15) is 0 Å². The van der Waals surface area contributed by atoms with Crippen LogP contribution < -0.4 is 0 Å². The summed E-state index contributed by atoms with van der Waals surface area (Å²) in [4.78, 5) is 0. The number of rotatable bonds is 4. The molecule has 0 spiro atoms. The monoisotopic (exact) mass is 239 g/mol. The van der Waals surface area contributed by atoms with Gasteiger partial charge in [0, 0.05) is 0 Å². The molecule has 0 rings (SSSR count). The van der Waals surface area contributed by atoms with E-state index in [0.29, 0.717) is 0 Å². The molecule has 4 heteroatoms. The van der Waals surface area contributed by atoms with Crippen LogP contribution in [0, 0.1) is 0 Å². The zero-order valence-electron chi connectivity index (χ0n) is 5.93. The molecule has 0 fully saturated rings. The van der Waals surface area contributed by atoms with Gasteiger partial charge in [0.15, 0.2) is 0 Å². The third-order valence-electron chi connectivity index (χ3n) is 1.15. The predicted molar refractivity (Wildman–Crippen MR) is 34.3 cm³/mol. The van der Waals surface area contributed by atoms with E-state index in [1.165, 1.54) is 22.5 Å². The Morgan fingerprint density at radius 2 is 1.44 bits per heavy atom. The van der Waals surface area contributed by atoms with Crippen LogP contribution in [0.15, 0.2) is 0 Å². The molecule has 0 saturated carbocycles. The van der Waals surface area contributed by atoms with Crippen molar-refractivity contribution in [3.8, 4) is 0 Å². The first-order valence-electron chi connectivity index (χ1n) is 2.54. The number of hydrogen-bond donors (Lipinski definition) is 0. The molecule has 0 aliphatic carbocycles. The summed E-state index contributed by atoms with van der Waals surface area (Å²) in [5, 5.41) is 0. The fraction of sp³-hybridized carbons (Fsp3) is 1.00. The van der Waals surface area contributed by atoms with Gasteiger partial charge in [0.25, 0.3) is 0 Å². The molecular weight excluding hydrogens is 227 g/mol. The summed E-state index contributed by atoms with van der Waals surface area (Å²) < 4.78 is 15.7. The normalized spacial score (nSPS) is 12.0. The van der Waals surface area contributed by atoms with Gasteiger partial charge in [-0.3, -0.25) is 0 Å². The van der Waals surface area contributed by atoms with Crippen LogP contribution in [0.4, 0.5) is 0 Å². The minimum atomic E-state index is -0.793. The molecule has 0 saturated heterocycles. The molecule has 0 amide bonds. The van der Waals surface area contributed by atoms with Gasteiger partial charge < -0.3 is 0 Å². The first-order chi connectivity index (χ1) is 4.24. The number of methoxy groups -OCH3 is 3. The summed E-state index contributed by atoms with van der Waals surface area (Å²) >= 11 is 1.33. The average molecular weight is 238 g/mol. The van der Waals surface area contributed by atoms with Gasteiger partial charge in [-0.05, 0) is 0 Å². The van der Waals surface area contributed by atoms with E-state index in [1.54, 1.807) is 21.3 Å². The van der Waals surface area contributed by atoms with E-state index < -0.39 is 5.97 Å². The van der Waals surface area contributed by atoms with Crippen molar-refractivity contribution in [1.29, 1.82) is 0 Å². The van der Waals surface area contributed by atoms with E-state index >= 15 is 0 Å². The molecule has 0 aliphatic heterocycles. The van der Waals surface area contributed by atoms with Gasteiger partial charge in [-0.2, -0.15) is 0 Å². The average Bonchev–Trinajstić information content (AvgIpc) is 1.95. The molecule has 3 nitrogen and oxygen atoms in total. The zero-order valence-corrected chi connectivity index (χ0v) is 8.79. The van der Waals surface area contributed by atoms with Crippen LogP contribution in [0.3, 0.4) is 0 Å². The molecule has 0 unspecified atom stereocenters. The van der Waals surface area contributed by atoms with Gasteiger partial charge in [-0.25, -0.2) is 0 Å².